The summed E-state index contributed by atoms with van der Waals surface area (Å²) >= 11 is 0. The third-order valence-corrected chi connectivity index (χ3v) is 7.44. The highest BCUT2D eigenvalue weighted by atomic mass is 16.2. The van der Waals surface area contributed by atoms with Crippen LogP contribution in [-0.4, -0.2) is 72.5 Å². The Balaban J connectivity index is 1.15. The van der Waals surface area contributed by atoms with E-state index in [2.05, 4.69) is 41.9 Å². The van der Waals surface area contributed by atoms with E-state index in [1.54, 1.807) is 12.3 Å². The highest BCUT2D eigenvalue weighted by Crippen LogP contribution is 2.30. The maximum atomic E-state index is 13.0. The summed E-state index contributed by atoms with van der Waals surface area (Å²) in [4.78, 5) is 38.8. The molecule has 0 bridgehead atoms. The van der Waals surface area contributed by atoms with Gasteiger partial charge in [0.15, 0.2) is 5.82 Å². The van der Waals surface area contributed by atoms with E-state index in [0.717, 1.165) is 74.5 Å². The first-order valence-electron chi connectivity index (χ1n) is 12.8. The minimum atomic E-state index is -0.312. The molecule has 0 aromatic carbocycles. The minimum Gasteiger partial charge on any atom is -0.342 e. The summed E-state index contributed by atoms with van der Waals surface area (Å²) in [6.45, 7) is 5.77. The molecule has 1 saturated heterocycles. The third-order valence-electron chi connectivity index (χ3n) is 7.44. The van der Waals surface area contributed by atoms with Crippen molar-refractivity contribution in [3.8, 4) is 11.5 Å². The van der Waals surface area contributed by atoms with Crippen LogP contribution in [0.4, 0.5) is 5.82 Å². The molecular weight excluding hydrogens is 456 g/mol. The lowest BCUT2D eigenvalue weighted by Crippen LogP contribution is -2.41. The normalized spacial score (nSPS) is 19.2. The first kappa shape index (κ1) is 22.8. The Labute approximate surface area is 209 Å². The molecule has 186 valence electrons. The summed E-state index contributed by atoms with van der Waals surface area (Å²) in [6.07, 6.45) is 6.75. The molecule has 36 heavy (non-hydrogen) atoms. The third kappa shape index (κ3) is 4.37. The molecule has 6 heterocycles. The van der Waals surface area contributed by atoms with Crippen molar-refractivity contribution in [2.24, 2.45) is 0 Å². The lowest BCUT2D eigenvalue weighted by Gasteiger charge is -2.29. The number of pyridine rings is 2. The van der Waals surface area contributed by atoms with Crippen molar-refractivity contribution in [3.63, 3.8) is 0 Å². The maximum absolute atomic E-state index is 13.0. The molecule has 1 atom stereocenters. The number of aryl methyl sites for hydroxylation is 1. The fraction of sp³-hybridized carbons (Fsp3) is 0.462. The lowest BCUT2D eigenvalue weighted by atomic mass is 10.0. The molecule has 0 unspecified atom stereocenters. The van der Waals surface area contributed by atoms with E-state index in [-0.39, 0.29) is 11.8 Å². The summed E-state index contributed by atoms with van der Waals surface area (Å²) in [5, 5.41) is 11.5. The van der Waals surface area contributed by atoms with Crippen molar-refractivity contribution in [2.75, 3.05) is 31.5 Å². The second-order valence-electron chi connectivity index (χ2n) is 9.95. The van der Waals surface area contributed by atoms with Crippen molar-refractivity contribution >= 4 is 17.6 Å². The van der Waals surface area contributed by atoms with E-state index in [1.807, 2.05) is 23.1 Å². The molecule has 0 aliphatic carbocycles. The Morgan fingerprint density at radius 1 is 1.08 bits per heavy atom. The number of nitrogens with zero attached hydrogens (tertiary/aromatic N) is 7. The largest absolute Gasteiger partial charge is 0.342 e. The predicted molar refractivity (Wildman–Crippen MR) is 133 cm³/mol. The van der Waals surface area contributed by atoms with Crippen molar-refractivity contribution < 1.29 is 9.59 Å². The second-order valence-corrected chi connectivity index (χ2v) is 9.95. The van der Waals surface area contributed by atoms with Crippen LogP contribution in [-0.2, 0) is 24.2 Å². The van der Waals surface area contributed by atoms with Gasteiger partial charge in [-0.25, -0.2) is 4.98 Å². The topological polar surface area (TPSA) is 109 Å². The Hall–Kier alpha value is -3.66. The fourth-order valence-electron chi connectivity index (χ4n) is 5.42. The molecule has 0 radical (unpaired) electrons. The van der Waals surface area contributed by atoms with E-state index in [0.29, 0.717) is 36.3 Å². The quantitative estimate of drug-likeness (QED) is 0.590. The number of fused-ring (bicyclic) bond motifs is 2. The number of aromatic nitrogens is 5. The minimum absolute atomic E-state index is 0.196. The summed E-state index contributed by atoms with van der Waals surface area (Å²) < 4.78 is 2.12. The Morgan fingerprint density at radius 3 is 2.81 bits per heavy atom. The van der Waals surface area contributed by atoms with Crippen molar-refractivity contribution in [1.29, 1.82) is 0 Å². The van der Waals surface area contributed by atoms with E-state index in [1.165, 1.54) is 0 Å². The molecule has 0 spiro atoms. The number of anilines is 1. The summed E-state index contributed by atoms with van der Waals surface area (Å²) in [7, 11) is 0. The van der Waals surface area contributed by atoms with Crippen LogP contribution in [0.15, 0.2) is 30.5 Å². The molecule has 6 rings (SSSR count). The zero-order chi connectivity index (χ0) is 24.6. The summed E-state index contributed by atoms with van der Waals surface area (Å²) in [6, 6.07) is 7.67. The maximum Gasteiger partial charge on any atom is 0.275 e. The van der Waals surface area contributed by atoms with Crippen LogP contribution in [0, 0.1) is 0 Å². The number of carbonyl (C=O) groups excluding carboxylic acids is 2. The van der Waals surface area contributed by atoms with Gasteiger partial charge in [0.25, 0.3) is 5.91 Å². The molecule has 1 N–H and O–H groups in total. The van der Waals surface area contributed by atoms with Gasteiger partial charge in [0, 0.05) is 44.8 Å². The van der Waals surface area contributed by atoms with Gasteiger partial charge in [-0.3, -0.25) is 19.5 Å². The van der Waals surface area contributed by atoms with Gasteiger partial charge in [-0.05, 0) is 61.9 Å². The molecule has 1 fully saturated rings. The Kier molecular flexibility index (Phi) is 5.96. The van der Waals surface area contributed by atoms with E-state index < -0.39 is 0 Å². The number of hydrogen-bond acceptors (Lipinski definition) is 7. The average molecular weight is 487 g/mol. The zero-order valence-electron chi connectivity index (χ0n) is 20.5. The fourth-order valence-corrected chi connectivity index (χ4v) is 5.42. The number of nitrogens with one attached hydrogen (secondary N) is 1. The van der Waals surface area contributed by atoms with Gasteiger partial charge >= 0.3 is 0 Å². The molecule has 10 nitrogen and oxygen atoms in total. The molecule has 3 aromatic heterocycles. The number of rotatable bonds is 5. The first-order chi connectivity index (χ1) is 17.5. The zero-order valence-corrected chi connectivity index (χ0v) is 20.5. The summed E-state index contributed by atoms with van der Waals surface area (Å²) in [5.41, 5.74) is 3.19. The number of amides is 2. The number of carbonyl (C=O) groups is 2. The smallest absolute Gasteiger partial charge is 0.275 e. The van der Waals surface area contributed by atoms with Crippen LogP contribution in [0.25, 0.3) is 11.5 Å². The van der Waals surface area contributed by atoms with E-state index >= 15 is 0 Å². The lowest BCUT2D eigenvalue weighted by molar-refractivity contribution is -0.131. The van der Waals surface area contributed by atoms with E-state index in [9.17, 15) is 9.59 Å². The molecule has 0 saturated carbocycles. The molecule has 3 aromatic rings. The molecule has 3 aliphatic rings. The molecule has 3 aliphatic heterocycles. The highest BCUT2D eigenvalue weighted by molar-refractivity contribution is 6.02. The van der Waals surface area contributed by atoms with Crippen molar-refractivity contribution in [2.45, 2.75) is 51.6 Å². The predicted octanol–water partition coefficient (Wildman–Crippen LogP) is 2.48. The monoisotopic (exact) mass is 486 g/mol. The molecular formula is C26H30N8O2. The van der Waals surface area contributed by atoms with Crippen LogP contribution in [0.3, 0.4) is 0 Å². The van der Waals surface area contributed by atoms with Gasteiger partial charge in [0.1, 0.15) is 23.0 Å². The molecule has 2 amide bonds. The molecule has 10 heteroatoms. The van der Waals surface area contributed by atoms with Gasteiger partial charge in [-0.15, -0.1) is 10.2 Å². The van der Waals surface area contributed by atoms with Crippen LogP contribution in [0.5, 0.6) is 0 Å². The van der Waals surface area contributed by atoms with Crippen molar-refractivity contribution in [1.82, 2.24) is 34.5 Å². The number of hydrogen-bond donors (Lipinski definition) is 1. The highest BCUT2D eigenvalue weighted by Gasteiger charge is 2.26. The van der Waals surface area contributed by atoms with Crippen LogP contribution < -0.4 is 5.32 Å². The van der Waals surface area contributed by atoms with Gasteiger partial charge in [-0.2, -0.15) is 0 Å². The van der Waals surface area contributed by atoms with Crippen LogP contribution >= 0.6 is 0 Å². The van der Waals surface area contributed by atoms with Crippen LogP contribution in [0.1, 0.15) is 59.7 Å². The summed E-state index contributed by atoms with van der Waals surface area (Å²) in [5.74, 6) is 2.02. The Bertz CT molecular complexity index is 1310. The Morgan fingerprint density at radius 2 is 1.94 bits per heavy atom. The average Bonchev–Trinajstić information content (AvgIpc) is 3.64. The SMILES string of the molecule is C[C@@H]1CCc2nnc(-c3cccc(NC(=O)c4cc5c(cn4)CCN(CC(=O)N4CCCC4)C5)n3)n21. The van der Waals surface area contributed by atoms with Crippen molar-refractivity contribution in [3.05, 3.63) is 53.1 Å². The van der Waals surface area contributed by atoms with Crippen LogP contribution in [0.2, 0.25) is 0 Å². The van der Waals surface area contributed by atoms with E-state index in [4.69, 9.17) is 0 Å². The first-order valence-corrected chi connectivity index (χ1v) is 12.8. The van der Waals surface area contributed by atoms with Gasteiger partial charge in [0.2, 0.25) is 5.91 Å². The van der Waals surface area contributed by atoms with Gasteiger partial charge in [0.05, 0.1) is 6.54 Å². The standard InChI is InChI=1S/C26H30N8O2/c1-17-7-8-23-30-31-25(34(17)23)20-5-4-6-22(28-20)29-26(36)21-13-19-15-32(12-9-18(19)14-27-21)16-24(35)33-10-2-3-11-33/h4-6,13-14,17H,2-3,7-12,15-16H2,1H3,(H,28,29,36)/t17-/m1/s1. The number of likely N-dealkylation sites (tertiary alicyclic amines) is 1. The second kappa shape index (κ2) is 9.42. The van der Waals surface area contributed by atoms with Gasteiger partial charge in [-0.1, -0.05) is 6.07 Å². The van der Waals surface area contributed by atoms with Gasteiger partial charge < -0.3 is 14.8 Å².